The molecule has 6 heteroatoms. The molecule has 1 aliphatic rings. The smallest absolute Gasteiger partial charge is 0.259 e. The van der Waals surface area contributed by atoms with E-state index in [1.54, 1.807) is 24.0 Å². The molecule has 0 spiro atoms. The van der Waals surface area contributed by atoms with E-state index >= 15 is 0 Å². The first-order chi connectivity index (χ1) is 13.5. The molecule has 1 saturated heterocycles. The molecule has 3 aromatic rings. The predicted octanol–water partition coefficient (Wildman–Crippen LogP) is 4.43. The van der Waals surface area contributed by atoms with Crippen LogP contribution in [-0.2, 0) is 5.60 Å². The van der Waals surface area contributed by atoms with Crippen molar-refractivity contribution < 1.29 is 14.4 Å². The van der Waals surface area contributed by atoms with Gasteiger partial charge in [0, 0.05) is 23.7 Å². The van der Waals surface area contributed by atoms with Crippen LogP contribution in [0.2, 0.25) is 5.02 Å². The fourth-order valence-corrected chi connectivity index (χ4v) is 3.83. The highest BCUT2D eigenvalue weighted by molar-refractivity contribution is 6.30. The molecule has 1 amide bonds. The van der Waals surface area contributed by atoms with Crippen LogP contribution in [0.4, 0.5) is 0 Å². The summed E-state index contributed by atoms with van der Waals surface area (Å²) in [5.41, 5.74) is 1.77. The topological polar surface area (TPSA) is 66.6 Å². The van der Waals surface area contributed by atoms with Crippen LogP contribution in [0.1, 0.15) is 34.5 Å². The number of likely N-dealkylation sites (tertiary alicyclic amines) is 1. The van der Waals surface area contributed by atoms with E-state index in [0.29, 0.717) is 48.0 Å². The fourth-order valence-electron chi connectivity index (χ4n) is 3.70. The number of aryl methyl sites for hydroxylation is 1. The summed E-state index contributed by atoms with van der Waals surface area (Å²) in [6.07, 6.45) is 0.927. The summed E-state index contributed by atoms with van der Waals surface area (Å²) < 4.78 is 5.32. The Morgan fingerprint density at radius 2 is 1.75 bits per heavy atom. The second-order valence-corrected chi connectivity index (χ2v) is 7.60. The summed E-state index contributed by atoms with van der Waals surface area (Å²) in [6, 6.07) is 16.8. The minimum Gasteiger partial charge on any atom is -0.385 e. The molecule has 0 atom stereocenters. The number of benzene rings is 2. The normalized spacial score (nSPS) is 16.2. The van der Waals surface area contributed by atoms with E-state index < -0.39 is 5.60 Å². The molecule has 1 aromatic heterocycles. The number of hydrogen-bond donors (Lipinski definition) is 1. The summed E-state index contributed by atoms with van der Waals surface area (Å²) in [6.45, 7) is 2.66. The number of aliphatic hydroxyl groups is 1. The highest BCUT2D eigenvalue weighted by atomic mass is 35.5. The van der Waals surface area contributed by atoms with Crippen LogP contribution in [0.25, 0.3) is 11.3 Å². The molecule has 1 N–H and O–H groups in total. The first kappa shape index (κ1) is 18.7. The molecule has 1 fully saturated rings. The Kier molecular flexibility index (Phi) is 4.96. The standard InChI is InChI=1S/C22H21ClN2O3/c1-15-19(20(24-28-15)16-5-3-2-4-6-16)21(26)25-13-11-22(27,12-14-25)17-7-9-18(23)10-8-17/h2-10,27H,11-14H2,1H3. The Morgan fingerprint density at radius 1 is 1.11 bits per heavy atom. The maximum Gasteiger partial charge on any atom is 0.259 e. The van der Waals surface area contributed by atoms with Gasteiger partial charge < -0.3 is 14.5 Å². The first-order valence-corrected chi connectivity index (χ1v) is 9.65. The molecule has 0 unspecified atom stereocenters. The van der Waals surface area contributed by atoms with Crippen LogP contribution in [0.15, 0.2) is 59.1 Å². The lowest BCUT2D eigenvalue weighted by Gasteiger charge is -2.38. The van der Waals surface area contributed by atoms with Gasteiger partial charge in [-0.05, 0) is 37.5 Å². The third-order valence-corrected chi connectivity index (χ3v) is 5.64. The molecular formula is C22H21ClN2O3. The van der Waals surface area contributed by atoms with Gasteiger partial charge in [0.05, 0.1) is 5.60 Å². The van der Waals surface area contributed by atoms with Crippen molar-refractivity contribution in [1.29, 1.82) is 0 Å². The van der Waals surface area contributed by atoms with E-state index in [-0.39, 0.29) is 5.91 Å². The zero-order chi connectivity index (χ0) is 19.7. The number of amides is 1. The van der Waals surface area contributed by atoms with Gasteiger partial charge in [0.15, 0.2) is 0 Å². The summed E-state index contributed by atoms with van der Waals surface area (Å²) >= 11 is 5.95. The Bertz CT molecular complexity index is 975. The number of aromatic nitrogens is 1. The minimum atomic E-state index is -0.951. The quantitative estimate of drug-likeness (QED) is 0.711. The van der Waals surface area contributed by atoms with Crippen LogP contribution in [0.5, 0.6) is 0 Å². The number of hydrogen-bond acceptors (Lipinski definition) is 4. The lowest BCUT2D eigenvalue weighted by molar-refractivity contribution is -0.0211. The van der Waals surface area contributed by atoms with E-state index in [1.807, 2.05) is 42.5 Å². The van der Waals surface area contributed by atoms with Crippen molar-refractivity contribution in [3.8, 4) is 11.3 Å². The maximum atomic E-state index is 13.2. The van der Waals surface area contributed by atoms with Gasteiger partial charge in [0.25, 0.3) is 5.91 Å². The number of carbonyl (C=O) groups excluding carboxylic acids is 1. The van der Waals surface area contributed by atoms with E-state index in [4.69, 9.17) is 16.1 Å². The lowest BCUT2D eigenvalue weighted by atomic mass is 9.84. The van der Waals surface area contributed by atoms with Crippen LogP contribution >= 0.6 is 11.6 Å². The number of carbonyl (C=O) groups is 1. The number of halogens is 1. The van der Waals surface area contributed by atoms with Gasteiger partial charge in [-0.3, -0.25) is 4.79 Å². The largest absolute Gasteiger partial charge is 0.385 e. The Labute approximate surface area is 168 Å². The molecule has 0 aliphatic carbocycles. The van der Waals surface area contributed by atoms with Gasteiger partial charge in [-0.25, -0.2) is 0 Å². The van der Waals surface area contributed by atoms with Gasteiger partial charge >= 0.3 is 0 Å². The third kappa shape index (κ3) is 3.43. The average Bonchev–Trinajstić information content (AvgIpc) is 3.10. The second-order valence-electron chi connectivity index (χ2n) is 7.16. The molecule has 4 rings (SSSR count). The van der Waals surface area contributed by atoms with Gasteiger partial charge in [-0.2, -0.15) is 0 Å². The van der Waals surface area contributed by atoms with Crippen molar-refractivity contribution in [2.75, 3.05) is 13.1 Å². The summed E-state index contributed by atoms with van der Waals surface area (Å²) in [5.74, 6) is 0.387. The highest BCUT2D eigenvalue weighted by Crippen LogP contribution is 2.35. The first-order valence-electron chi connectivity index (χ1n) is 9.27. The van der Waals surface area contributed by atoms with Crippen molar-refractivity contribution in [2.45, 2.75) is 25.4 Å². The summed E-state index contributed by atoms with van der Waals surface area (Å²) in [5, 5.41) is 15.8. The van der Waals surface area contributed by atoms with Crippen molar-refractivity contribution in [2.24, 2.45) is 0 Å². The molecule has 2 aromatic carbocycles. The van der Waals surface area contributed by atoms with Gasteiger partial charge in [-0.15, -0.1) is 0 Å². The van der Waals surface area contributed by atoms with Crippen molar-refractivity contribution in [3.05, 3.63) is 76.5 Å². The van der Waals surface area contributed by atoms with E-state index in [1.165, 1.54) is 0 Å². The van der Waals surface area contributed by atoms with E-state index in [2.05, 4.69) is 5.16 Å². The molecule has 5 nitrogen and oxygen atoms in total. The Balaban J connectivity index is 1.54. The van der Waals surface area contributed by atoms with Gasteiger partial charge in [-0.1, -0.05) is 59.2 Å². The second kappa shape index (κ2) is 7.41. The molecule has 28 heavy (non-hydrogen) atoms. The SMILES string of the molecule is Cc1onc(-c2ccccc2)c1C(=O)N1CCC(O)(c2ccc(Cl)cc2)CC1. The molecule has 0 radical (unpaired) electrons. The van der Waals surface area contributed by atoms with Crippen molar-refractivity contribution in [3.63, 3.8) is 0 Å². The van der Waals surface area contributed by atoms with Crippen molar-refractivity contribution >= 4 is 17.5 Å². The number of nitrogens with zero attached hydrogens (tertiary/aromatic N) is 2. The number of rotatable bonds is 3. The highest BCUT2D eigenvalue weighted by Gasteiger charge is 2.37. The molecule has 0 saturated carbocycles. The zero-order valence-electron chi connectivity index (χ0n) is 15.6. The molecule has 144 valence electrons. The monoisotopic (exact) mass is 396 g/mol. The van der Waals surface area contributed by atoms with Crippen LogP contribution < -0.4 is 0 Å². The van der Waals surface area contributed by atoms with E-state index in [0.717, 1.165) is 11.1 Å². The lowest BCUT2D eigenvalue weighted by Crippen LogP contribution is -2.45. The Hall–Kier alpha value is -2.63. The molecule has 1 aliphatic heterocycles. The molecular weight excluding hydrogens is 376 g/mol. The van der Waals surface area contributed by atoms with Crippen molar-refractivity contribution in [1.82, 2.24) is 10.1 Å². The molecule has 2 heterocycles. The third-order valence-electron chi connectivity index (χ3n) is 5.38. The number of piperidine rings is 1. The zero-order valence-corrected chi connectivity index (χ0v) is 16.3. The Morgan fingerprint density at radius 3 is 2.39 bits per heavy atom. The maximum absolute atomic E-state index is 13.2. The van der Waals surface area contributed by atoms with Crippen LogP contribution in [0.3, 0.4) is 0 Å². The average molecular weight is 397 g/mol. The summed E-state index contributed by atoms with van der Waals surface area (Å²) in [7, 11) is 0. The summed E-state index contributed by atoms with van der Waals surface area (Å²) in [4.78, 5) is 15.0. The van der Waals surface area contributed by atoms with E-state index in [9.17, 15) is 9.90 Å². The van der Waals surface area contributed by atoms with Crippen LogP contribution in [-0.4, -0.2) is 34.2 Å². The fraction of sp³-hybridized carbons (Fsp3) is 0.273. The molecule has 0 bridgehead atoms. The van der Waals surface area contributed by atoms with Gasteiger partial charge in [0.1, 0.15) is 17.0 Å². The van der Waals surface area contributed by atoms with Crippen LogP contribution in [0, 0.1) is 6.92 Å². The predicted molar refractivity (Wildman–Crippen MR) is 107 cm³/mol. The minimum absolute atomic E-state index is 0.115. The van der Waals surface area contributed by atoms with Gasteiger partial charge in [0.2, 0.25) is 0 Å².